The zero-order valence-electron chi connectivity index (χ0n) is 42.1. The fourth-order valence-electron chi connectivity index (χ4n) is 9.94. The van der Waals surface area contributed by atoms with Crippen molar-refractivity contribution < 1.29 is 24.6 Å². The van der Waals surface area contributed by atoms with E-state index in [4.69, 9.17) is 10.1 Å². The number of anilines is 1. The van der Waals surface area contributed by atoms with Gasteiger partial charge in [0, 0.05) is 75.8 Å². The topological polar surface area (TPSA) is 169 Å². The van der Waals surface area contributed by atoms with E-state index in [2.05, 4.69) is 74.8 Å². The average molecular weight is 982 g/mol. The minimum absolute atomic E-state index is 0.0396. The summed E-state index contributed by atoms with van der Waals surface area (Å²) < 4.78 is 2.01. The van der Waals surface area contributed by atoms with Gasteiger partial charge in [-0.15, -0.1) is 11.3 Å². The molecule has 3 aromatic heterocycles. The quantitative estimate of drug-likeness (QED) is 0.0551. The van der Waals surface area contributed by atoms with Crippen molar-refractivity contribution in [2.45, 2.75) is 117 Å². The Balaban J connectivity index is 0.783. The number of carbonyl (C=O) groups is 3. The molecule has 5 heterocycles. The molecule has 15 heteroatoms. The lowest BCUT2D eigenvalue weighted by molar-refractivity contribution is -0.144. The molecule has 2 aliphatic rings. The molecule has 0 spiro atoms. The standard InChI is InChI=1S/C56H71N9O5S/c1-38-50(53-59-46(42-16-12-10-13-17-42)34-49(65(53)61-38)63-29-27-62(28-30-63)31-32-66)43-23-19-40(20-24-43)15-11-8-6-7-9-14-18-48(68)60-52(56(3,4)5)55(70)64-36-45(67)33-47(64)54(69)57-35-41-21-25-44(26-22-41)51-39(2)58-37-71-51/h10,12-13,16-17,19-26,34,37,45,47,52,66-67H,6-9,11,14-15,18,27-33,35-36H2,1-5H3,(H,57,69)(H,60,68)/t45-,47+,52-/m1/s1. The number of fused-ring (bicyclic) bond motifs is 1. The summed E-state index contributed by atoms with van der Waals surface area (Å²) in [6.45, 7) is 14.4. The molecule has 2 saturated heterocycles. The average Bonchev–Trinajstić information content (AvgIpc) is 4.08. The van der Waals surface area contributed by atoms with Crippen LogP contribution in [0.3, 0.4) is 0 Å². The van der Waals surface area contributed by atoms with E-state index in [1.165, 1.54) is 10.5 Å². The van der Waals surface area contributed by atoms with Crippen LogP contribution in [0, 0.1) is 19.3 Å². The van der Waals surface area contributed by atoms with Crippen LogP contribution in [0.2, 0.25) is 0 Å². The van der Waals surface area contributed by atoms with Crippen molar-refractivity contribution in [1.82, 2.24) is 40.0 Å². The number of β-amino-alcohol motifs (C(OH)–C–C–N with tert-alkyl or cyclic N) is 2. The minimum Gasteiger partial charge on any atom is -0.395 e. The van der Waals surface area contributed by atoms with E-state index in [0.717, 1.165) is 132 Å². The van der Waals surface area contributed by atoms with Gasteiger partial charge in [-0.2, -0.15) is 9.61 Å². The van der Waals surface area contributed by atoms with Crippen LogP contribution in [0.1, 0.15) is 94.7 Å². The molecule has 8 rings (SSSR count). The van der Waals surface area contributed by atoms with Crippen molar-refractivity contribution in [3.63, 3.8) is 0 Å². The fourth-order valence-corrected chi connectivity index (χ4v) is 10.8. The lowest BCUT2D eigenvalue weighted by atomic mass is 9.85. The molecular weight excluding hydrogens is 911 g/mol. The van der Waals surface area contributed by atoms with Crippen LogP contribution >= 0.6 is 11.3 Å². The molecule has 0 radical (unpaired) electrons. The molecule has 4 N–H and O–H groups in total. The predicted octanol–water partition coefficient (Wildman–Crippen LogP) is 8.00. The Kier molecular flexibility index (Phi) is 17.0. The number of aryl methyl sites for hydroxylation is 3. The third kappa shape index (κ3) is 12.7. The highest BCUT2D eigenvalue weighted by atomic mass is 32.1. The number of hydrogen-bond donors (Lipinski definition) is 4. The molecule has 376 valence electrons. The molecule has 14 nitrogen and oxygen atoms in total. The summed E-state index contributed by atoms with van der Waals surface area (Å²) in [5.41, 5.74) is 11.4. The van der Waals surface area contributed by atoms with Gasteiger partial charge in [0.05, 0.1) is 40.2 Å². The summed E-state index contributed by atoms with van der Waals surface area (Å²) >= 11 is 1.59. The van der Waals surface area contributed by atoms with Crippen molar-refractivity contribution in [3.8, 4) is 32.8 Å². The van der Waals surface area contributed by atoms with Crippen LogP contribution in [0.25, 0.3) is 38.5 Å². The molecule has 0 saturated carbocycles. The Morgan fingerprint density at radius 2 is 1.49 bits per heavy atom. The summed E-state index contributed by atoms with van der Waals surface area (Å²) in [5, 5.41) is 31.2. The van der Waals surface area contributed by atoms with Crippen molar-refractivity contribution in [3.05, 3.63) is 113 Å². The number of aromatic nitrogens is 4. The molecule has 0 aliphatic carbocycles. The molecule has 71 heavy (non-hydrogen) atoms. The van der Waals surface area contributed by atoms with Crippen molar-refractivity contribution >= 4 is 40.5 Å². The Labute approximate surface area is 422 Å². The number of unbranched alkanes of at least 4 members (excludes halogenated alkanes) is 5. The highest BCUT2D eigenvalue weighted by molar-refractivity contribution is 7.13. The highest BCUT2D eigenvalue weighted by Crippen LogP contribution is 2.34. The Hall–Kier alpha value is -6.00. The van der Waals surface area contributed by atoms with Crippen LogP contribution in [-0.2, 0) is 27.3 Å². The molecule has 3 amide bonds. The first-order valence-corrected chi connectivity index (χ1v) is 26.3. The maximum atomic E-state index is 14.1. The number of nitrogens with zero attached hydrogens (tertiary/aromatic N) is 7. The van der Waals surface area contributed by atoms with Gasteiger partial charge < -0.3 is 30.6 Å². The minimum atomic E-state index is -0.844. The fraction of sp³-hybridized carbons (Fsp3) is 0.464. The lowest BCUT2D eigenvalue weighted by Crippen LogP contribution is -2.57. The van der Waals surface area contributed by atoms with E-state index in [1.807, 2.05) is 80.2 Å². The molecule has 0 unspecified atom stereocenters. The second-order valence-corrected chi connectivity index (χ2v) is 21.2. The second-order valence-electron chi connectivity index (χ2n) is 20.4. The van der Waals surface area contributed by atoms with Gasteiger partial charge in [-0.1, -0.05) is 125 Å². The Bertz CT molecular complexity index is 2730. The number of aliphatic hydroxyl groups excluding tert-OH is 2. The number of thiazole rings is 1. The summed E-state index contributed by atoms with van der Waals surface area (Å²) in [6, 6.07) is 27.6. The number of nitrogens with one attached hydrogen (secondary N) is 2. The zero-order chi connectivity index (χ0) is 50.1. The second kappa shape index (κ2) is 23.5. The molecule has 2 fully saturated rings. The summed E-state index contributed by atoms with van der Waals surface area (Å²) in [7, 11) is 0. The van der Waals surface area contributed by atoms with Crippen LogP contribution in [0.15, 0.2) is 90.4 Å². The number of hydrogen-bond acceptors (Lipinski definition) is 11. The molecule has 3 aromatic carbocycles. The van der Waals surface area contributed by atoms with Gasteiger partial charge in [0.1, 0.15) is 17.9 Å². The van der Waals surface area contributed by atoms with Gasteiger partial charge in [-0.25, -0.2) is 9.97 Å². The number of carbonyl (C=O) groups excluding carboxylic acids is 3. The largest absolute Gasteiger partial charge is 0.395 e. The normalized spacial score (nSPS) is 16.9. The Morgan fingerprint density at radius 3 is 2.17 bits per heavy atom. The maximum Gasteiger partial charge on any atom is 0.246 e. The summed E-state index contributed by atoms with van der Waals surface area (Å²) in [6.07, 6.45) is 6.55. The first-order valence-electron chi connectivity index (χ1n) is 25.5. The van der Waals surface area contributed by atoms with E-state index in [9.17, 15) is 24.6 Å². The smallest absolute Gasteiger partial charge is 0.246 e. The van der Waals surface area contributed by atoms with Gasteiger partial charge in [0.25, 0.3) is 0 Å². The number of benzene rings is 3. The van der Waals surface area contributed by atoms with E-state index in [0.29, 0.717) is 13.0 Å². The molecule has 3 atom stereocenters. The number of piperazine rings is 1. The zero-order valence-corrected chi connectivity index (χ0v) is 42.9. The molecule has 0 bridgehead atoms. The van der Waals surface area contributed by atoms with Gasteiger partial charge in [0.2, 0.25) is 17.7 Å². The molecule has 6 aromatic rings. The van der Waals surface area contributed by atoms with E-state index in [1.54, 1.807) is 11.3 Å². The first-order chi connectivity index (χ1) is 34.3. The summed E-state index contributed by atoms with van der Waals surface area (Å²) in [4.78, 5) is 57.7. The third-order valence-electron chi connectivity index (χ3n) is 14.0. The maximum absolute atomic E-state index is 14.1. The van der Waals surface area contributed by atoms with E-state index < -0.39 is 23.6 Å². The number of likely N-dealkylation sites (tertiary alicyclic amines) is 1. The van der Waals surface area contributed by atoms with Gasteiger partial charge in [-0.05, 0) is 60.8 Å². The number of aliphatic hydroxyl groups is 2. The predicted molar refractivity (Wildman–Crippen MR) is 282 cm³/mol. The first kappa shape index (κ1) is 51.4. The van der Waals surface area contributed by atoms with Crippen molar-refractivity contribution in [2.24, 2.45) is 5.41 Å². The van der Waals surface area contributed by atoms with Gasteiger partial charge in [0.15, 0.2) is 5.65 Å². The SMILES string of the molecule is Cc1ncsc1-c1ccc(CNC(=O)[C@@H]2C[C@@H](O)CN2C(=O)[C@@H](NC(=O)CCCCCCCCc2ccc(-c3c(C)nn4c(N5CCN(CCO)CC5)cc(-c5ccccc5)nc34)cc2)C(C)(C)C)cc1. The number of amides is 3. The molecular formula is C56H71N9O5S. The van der Waals surface area contributed by atoms with Crippen molar-refractivity contribution in [1.29, 1.82) is 0 Å². The van der Waals surface area contributed by atoms with Crippen LogP contribution in [0.4, 0.5) is 5.82 Å². The van der Waals surface area contributed by atoms with Crippen LogP contribution in [-0.4, -0.2) is 121 Å². The monoisotopic (exact) mass is 982 g/mol. The lowest BCUT2D eigenvalue weighted by Gasteiger charge is -2.35. The van der Waals surface area contributed by atoms with Crippen LogP contribution < -0.4 is 15.5 Å². The van der Waals surface area contributed by atoms with Gasteiger partial charge in [-0.3, -0.25) is 19.3 Å². The van der Waals surface area contributed by atoms with E-state index in [-0.39, 0.29) is 43.8 Å². The summed E-state index contributed by atoms with van der Waals surface area (Å²) in [5.74, 6) is 0.175. The Morgan fingerprint density at radius 1 is 0.817 bits per heavy atom. The van der Waals surface area contributed by atoms with E-state index >= 15 is 0 Å². The van der Waals surface area contributed by atoms with Crippen molar-refractivity contribution in [2.75, 3.05) is 50.8 Å². The molecule has 2 aliphatic heterocycles. The third-order valence-corrected chi connectivity index (χ3v) is 15.0. The van der Waals surface area contributed by atoms with Crippen LogP contribution in [0.5, 0.6) is 0 Å². The number of rotatable bonds is 20. The van der Waals surface area contributed by atoms with Gasteiger partial charge >= 0.3 is 0 Å². The highest BCUT2D eigenvalue weighted by Gasteiger charge is 2.44.